The maximum absolute atomic E-state index is 14.0. The number of sulfonamides is 1. The highest BCUT2D eigenvalue weighted by Gasteiger charge is 2.31. The molecule has 0 saturated carbocycles. The van der Waals surface area contributed by atoms with Gasteiger partial charge in [0.15, 0.2) is 0 Å². The summed E-state index contributed by atoms with van der Waals surface area (Å²) in [6.45, 7) is 5.40. The molecule has 0 spiro atoms. The first-order valence-electron chi connectivity index (χ1n) is 16.9. The van der Waals surface area contributed by atoms with Crippen LogP contribution in [0.2, 0.25) is 0 Å². The van der Waals surface area contributed by atoms with Crippen molar-refractivity contribution in [2.75, 3.05) is 58.7 Å². The highest BCUT2D eigenvalue weighted by molar-refractivity contribution is 7.92. The van der Waals surface area contributed by atoms with Crippen molar-refractivity contribution in [1.82, 2.24) is 15.0 Å². The van der Waals surface area contributed by atoms with Gasteiger partial charge in [0.25, 0.3) is 10.0 Å². The highest BCUT2D eigenvalue weighted by atomic mass is 32.2. The molecular formula is C35H47N11O3S. The summed E-state index contributed by atoms with van der Waals surface area (Å²) in [7, 11) is -4.00. The Morgan fingerprint density at radius 2 is 1.42 bits per heavy atom. The Labute approximate surface area is 293 Å². The first-order chi connectivity index (χ1) is 24.0. The lowest BCUT2D eigenvalue weighted by Crippen LogP contribution is -2.53. The Kier molecular flexibility index (Phi) is 10.7. The van der Waals surface area contributed by atoms with E-state index in [2.05, 4.69) is 10.2 Å². The molecule has 2 saturated heterocycles. The van der Waals surface area contributed by atoms with E-state index in [9.17, 15) is 13.5 Å². The molecule has 14 nitrogen and oxygen atoms in total. The number of hydrogen-bond donors (Lipinski definition) is 6. The SMILES string of the molecule is Cc1ccc(S(=O)(=O)N(Cc2ccccc2)c2ccc(Nc3nc(N4C[C@H](N)C[C@H](N)C4)nc(N4C[C@H](CN)C[C@H](CN)C4)n3)c(O)c2)cc1. The average Bonchev–Trinajstić information content (AvgIpc) is 3.11. The standard InChI is InChI=1S/C35H47N11O3S/c1-23-7-10-30(11-8-23)50(48,49)46(20-24-5-3-2-4-6-24)29-9-12-31(32(47)15-29)40-33-41-34(44-18-25(16-36)13-26(17-37)19-44)43-35(42-33)45-21-27(38)14-28(39)22-45/h2-12,15,25-28,47H,13-14,16-22,36-39H2,1H3,(H,40,41,42,43)/t25-,26+,27-,28+. The van der Waals surface area contributed by atoms with Crippen molar-refractivity contribution in [1.29, 1.82) is 0 Å². The molecule has 1 aromatic heterocycles. The van der Waals surface area contributed by atoms with E-state index < -0.39 is 10.0 Å². The van der Waals surface area contributed by atoms with Gasteiger partial charge in [-0.3, -0.25) is 4.31 Å². The van der Waals surface area contributed by atoms with Gasteiger partial charge in [-0.25, -0.2) is 8.42 Å². The second kappa shape index (κ2) is 15.1. The lowest BCUT2D eigenvalue weighted by Gasteiger charge is -2.38. The number of nitrogens with two attached hydrogens (primary N) is 4. The van der Waals surface area contributed by atoms with Crippen molar-refractivity contribution >= 4 is 39.2 Å². The number of aryl methyl sites for hydroxylation is 1. The van der Waals surface area contributed by atoms with Gasteiger partial charge in [0, 0.05) is 44.3 Å². The molecule has 2 fully saturated rings. The summed E-state index contributed by atoms with van der Waals surface area (Å²) >= 11 is 0. The largest absolute Gasteiger partial charge is 0.506 e. The zero-order valence-corrected chi connectivity index (χ0v) is 29.1. The van der Waals surface area contributed by atoms with E-state index in [0.29, 0.717) is 63.3 Å². The number of nitrogens with zero attached hydrogens (tertiary/aromatic N) is 6. The van der Waals surface area contributed by atoms with E-state index in [1.165, 1.54) is 10.4 Å². The maximum atomic E-state index is 14.0. The van der Waals surface area contributed by atoms with Gasteiger partial charge in [-0.2, -0.15) is 15.0 Å². The minimum absolute atomic E-state index is 0.0625. The van der Waals surface area contributed by atoms with Gasteiger partial charge in [0.05, 0.1) is 22.8 Å². The highest BCUT2D eigenvalue weighted by Crippen LogP contribution is 2.35. The monoisotopic (exact) mass is 701 g/mol. The number of piperidine rings is 2. The predicted octanol–water partition coefficient (Wildman–Crippen LogP) is 2.25. The van der Waals surface area contributed by atoms with Crippen LogP contribution in [-0.4, -0.2) is 79.8 Å². The number of nitrogens with one attached hydrogen (secondary N) is 1. The van der Waals surface area contributed by atoms with Crippen LogP contribution in [0.25, 0.3) is 0 Å². The van der Waals surface area contributed by atoms with Crippen LogP contribution in [0.5, 0.6) is 5.75 Å². The van der Waals surface area contributed by atoms with Crippen LogP contribution in [0.15, 0.2) is 77.7 Å². The minimum Gasteiger partial charge on any atom is -0.506 e. The zero-order valence-electron chi connectivity index (χ0n) is 28.3. The number of aromatic nitrogens is 3. The third kappa shape index (κ3) is 8.08. The lowest BCUT2D eigenvalue weighted by atomic mass is 9.89. The van der Waals surface area contributed by atoms with E-state index in [-0.39, 0.29) is 52.7 Å². The van der Waals surface area contributed by atoms with Gasteiger partial charge in [-0.1, -0.05) is 48.0 Å². The van der Waals surface area contributed by atoms with E-state index in [4.69, 9.17) is 37.9 Å². The van der Waals surface area contributed by atoms with E-state index in [1.54, 1.807) is 36.4 Å². The summed E-state index contributed by atoms with van der Waals surface area (Å²) in [4.78, 5) is 18.5. The van der Waals surface area contributed by atoms with Crippen molar-refractivity contribution in [2.45, 2.75) is 43.3 Å². The summed E-state index contributed by atoms with van der Waals surface area (Å²) in [5.41, 5.74) is 27.1. The molecule has 4 atom stereocenters. The molecule has 3 heterocycles. The van der Waals surface area contributed by atoms with Crippen molar-refractivity contribution in [3.8, 4) is 5.75 Å². The maximum Gasteiger partial charge on any atom is 0.264 e. The van der Waals surface area contributed by atoms with Crippen LogP contribution in [-0.2, 0) is 16.6 Å². The number of benzene rings is 3. The second-order valence-corrected chi connectivity index (χ2v) is 15.3. The topological polar surface area (TPSA) is 219 Å². The van der Waals surface area contributed by atoms with Gasteiger partial charge in [0.2, 0.25) is 17.8 Å². The molecule has 6 rings (SSSR count). The van der Waals surface area contributed by atoms with E-state index in [0.717, 1.165) is 17.5 Å². The second-order valence-electron chi connectivity index (χ2n) is 13.4. The molecule has 15 heteroatoms. The van der Waals surface area contributed by atoms with Crippen molar-refractivity contribution in [3.05, 3.63) is 83.9 Å². The average molecular weight is 702 g/mol. The third-order valence-electron chi connectivity index (χ3n) is 9.28. The van der Waals surface area contributed by atoms with Crippen molar-refractivity contribution in [2.24, 2.45) is 34.8 Å². The number of rotatable bonds is 11. The molecule has 10 N–H and O–H groups in total. The lowest BCUT2D eigenvalue weighted by molar-refractivity contribution is 0.326. The third-order valence-corrected chi connectivity index (χ3v) is 11.1. The first kappa shape index (κ1) is 35.3. The molecule has 0 unspecified atom stereocenters. The molecule has 0 aliphatic carbocycles. The van der Waals surface area contributed by atoms with Gasteiger partial charge >= 0.3 is 0 Å². The molecule has 0 bridgehead atoms. The van der Waals surface area contributed by atoms with Gasteiger partial charge < -0.3 is 43.2 Å². The molecular weight excluding hydrogens is 655 g/mol. The smallest absolute Gasteiger partial charge is 0.264 e. The molecule has 2 aliphatic heterocycles. The summed E-state index contributed by atoms with van der Waals surface area (Å²) in [6, 6.07) is 20.4. The quantitative estimate of drug-likeness (QED) is 0.124. The van der Waals surface area contributed by atoms with Gasteiger partial charge in [-0.05, 0) is 74.5 Å². The van der Waals surface area contributed by atoms with Crippen LogP contribution >= 0.6 is 0 Å². The van der Waals surface area contributed by atoms with Crippen LogP contribution in [0.1, 0.15) is 24.0 Å². The Morgan fingerprint density at radius 3 is 2.00 bits per heavy atom. The number of hydrogen-bond acceptors (Lipinski definition) is 13. The van der Waals surface area contributed by atoms with E-state index in [1.807, 2.05) is 42.2 Å². The summed E-state index contributed by atoms with van der Waals surface area (Å²) in [5, 5.41) is 14.5. The Hall–Kier alpha value is -4.54. The Balaban J connectivity index is 1.34. The fraction of sp³-hybridized carbons (Fsp3) is 0.400. The van der Waals surface area contributed by atoms with Crippen LogP contribution in [0, 0.1) is 18.8 Å². The molecule has 266 valence electrons. The molecule has 0 amide bonds. The molecule has 4 aromatic rings. The zero-order chi connectivity index (χ0) is 35.4. The summed E-state index contributed by atoms with van der Waals surface area (Å²) in [6.07, 6.45) is 1.63. The van der Waals surface area contributed by atoms with Crippen LogP contribution in [0.4, 0.5) is 29.2 Å². The van der Waals surface area contributed by atoms with Gasteiger partial charge in [-0.15, -0.1) is 0 Å². The number of phenolic OH excluding ortho intramolecular Hbond substituents is 1. The van der Waals surface area contributed by atoms with Gasteiger partial charge in [0.1, 0.15) is 5.75 Å². The van der Waals surface area contributed by atoms with Crippen molar-refractivity contribution in [3.63, 3.8) is 0 Å². The number of phenols is 1. The van der Waals surface area contributed by atoms with Crippen LogP contribution in [0.3, 0.4) is 0 Å². The minimum atomic E-state index is -4.00. The van der Waals surface area contributed by atoms with Crippen molar-refractivity contribution < 1.29 is 13.5 Å². The Morgan fingerprint density at radius 1 is 0.820 bits per heavy atom. The van der Waals surface area contributed by atoms with Crippen LogP contribution < -0.4 is 42.4 Å². The molecule has 0 radical (unpaired) electrons. The van der Waals surface area contributed by atoms with E-state index >= 15 is 0 Å². The fourth-order valence-corrected chi connectivity index (χ4v) is 8.11. The first-order valence-corrected chi connectivity index (χ1v) is 18.4. The summed E-state index contributed by atoms with van der Waals surface area (Å²) in [5.74, 6) is 1.35. The molecule has 50 heavy (non-hydrogen) atoms. The normalized spacial score (nSPS) is 21.2. The fourth-order valence-electron chi connectivity index (χ4n) is 6.66. The predicted molar refractivity (Wildman–Crippen MR) is 197 cm³/mol. The summed E-state index contributed by atoms with van der Waals surface area (Å²) < 4.78 is 29.3. The Bertz CT molecular complexity index is 1840. The number of anilines is 5. The molecule has 2 aliphatic rings. The number of aromatic hydroxyl groups is 1. The molecule has 3 aromatic carbocycles.